The fourth-order valence-corrected chi connectivity index (χ4v) is 9.13. The van der Waals surface area contributed by atoms with E-state index < -0.39 is 0 Å². The first-order valence-corrected chi connectivity index (χ1v) is 20.5. The first kappa shape index (κ1) is 36.0. The van der Waals surface area contributed by atoms with Gasteiger partial charge in [-0.25, -0.2) is 4.98 Å². The summed E-state index contributed by atoms with van der Waals surface area (Å²) < 4.78 is 9.16. The summed E-state index contributed by atoms with van der Waals surface area (Å²) in [6, 6.07) is 54.7. The van der Waals surface area contributed by atoms with E-state index in [1.807, 2.05) is 78.9 Å². The van der Waals surface area contributed by atoms with Crippen molar-refractivity contribution in [3.8, 4) is 45.0 Å². The molecule has 0 saturated carbocycles. The second kappa shape index (κ2) is 15.2. The molecular weight excluding hydrogens is 741 g/mol. The smallest absolute Gasteiger partial charge is 0.231 e. The van der Waals surface area contributed by atoms with Gasteiger partial charge in [-0.3, -0.25) is 0 Å². The van der Waals surface area contributed by atoms with Crippen molar-refractivity contribution in [2.75, 3.05) is 5.32 Å². The first-order valence-electron chi connectivity index (χ1n) is 19.7. The molecule has 0 aliphatic carbocycles. The van der Waals surface area contributed by atoms with Crippen molar-refractivity contribution in [3.63, 3.8) is 0 Å². The van der Waals surface area contributed by atoms with Crippen molar-refractivity contribution >= 4 is 65.0 Å². The van der Waals surface area contributed by atoms with Crippen LogP contribution in [-0.4, -0.2) is 15.0 Å². The number of aromatic nitrogens is 3. The summed E-state index contributed by atoms with van der Waals surface area (Å²) in [4.78, 5) is 15.1. The minimum Gasteiger partial charge on any atom is -0.456 e. The molecule has 0 radical (unpaired) electrons. The zero-order chi connectivity index (χ0) is 39.9. The van der Waals surface area contributed by atoms with Gasteiger partial charge in [-0.2, -0.15) is 9.97 Å². The monoisotopic (exact) mass is 778 g/mol. The Kier molecular flexibility index (Phi) is 9.24. The first-order chi connectivity index (χ1) is 29.1. The highest BCUT2D eigenvalue weighted by Crippen LogP contribution is 2.44. The standard InChI is InChI=1S/C53H38N4OS/c1-4-16-45(54-53-56-51(36-19-10-7-11-20-36)55-52(57-53)37-27-25-35(26-28-37)34-17-8-6-9-18-34)39(5-2)49-33(3)50-44(40-21-12-14-23-46(40)58-50)32-42(49)38-29-30-48-43(31-38)41-22-13-15-24-47(41)59-48/h4-32H,2H2,1,3H3,(H,54,55,56,57)/b16-4-,45-39-. The summed E-state index contributed by atoms with van der Waals surface area (Å²) in [5.74, 6) is 1.56. The van der Waals surface area contributed by atoms with Gasteiger partial charge < -0.3 is 9.73 Å². The number of nitrogens with zero attached hydrogens (tertiary/aromatic N) is 3. The predicted octanol–water partition coefficient (Wildman–Crippen LogP) is 14.7. The summed E-state index contributed by atoms with van der Waals surface area (Å²) in [7, 11) is 0. The number of thiophene rings is 1. The molecule has 59 heavy (non-hydrogen) atoms. The third kappa shape index (κ3) is 6.59. The Morgan fingerprint density at radius 3 is 1.92 bits per heavy atom. The van der Waals surface area contributed by atoms with Crippen LogP contribution in [0.25, 0.3) is 92.7 Å². The lowest BCUT2D eigenvalue weighted by atomic mass is 9.87. The van der Waals surface area contributed by atoms with Crippen LogP contribution in [0.3, 0.4) is 0 Å². The SMILES string of the molecule is C=C/C(=C(\C=C/C)Nc1nc(-c2ccccc2)nc(-c2ccc(-c3ccccc3)cc2)n1)c1c(-c2ccc3sc4ccccc4c3c2)cc2c(oc3ccccc32)c1C. The van der Waals surface area contributed by atoms with Crippen LogP contribution in [0.5, 0.6) is 0 Å². The average molecular weight is 779 g/mol. The van der Waals surface area contributed by atoms with E-state index in [1.165, 1.54) is 20.2 Å². The van der Waals surface area contributed by atoms with Crippen molar-refractivity contribution in [3.05, 3.63) is 199 Å². The van der Waals surface area contributed by atoms with Crippen LogP contribution in [0.4, 0.5) is 5.95 Å². The molecule has 3 aromatic heterocycles. The van der Waals surface area contributed by atoms with Crippen molar-refractivity contribution in [2.24, 2.45) is 0 Å². The van der Waals surface area contributed by atoms with Gasteiger partial charge in [0.15, 0.2) is 11.6 Å². The molecule has 0 spiro atoms. The lowest BCUT2D eigenvalue weighted by molar-refractivity contribution is 0.665. The quantitative estimate of drug-likeness (QED) is 0.148. The van der Waals surface area contributed by atoms with E-state index in [0.717, 1.165) is 77.7 Å². The highest BCUT2D eigenvalue weighted by Gasteiger charge is 2.22. The van der Waals surface area contributed by atoms with Gasteiger partial charge in [0, 0.05) is 58.9 Å². The fourth-order valence-electron chi connectivity index (χ4n) is 8.04. The van der Waals surface area contributed by atoms with E-state index in [2.05, 4.69) is 134 Å². The van der Waals surface area contributed by atoms with E-state index in [0.29, 0.717) is 17.6 Å². The van der Waals surface area contributed by atoms with Gasteiger partial charge in [0.2, 0.25) is 5.95 Å². The number of anilines is 1. The molecule has 5 nitrogen and oxygen atoms in total. The molecule has 10 aromatic rings. The molecule has 0 atom stereocenters. The van der Waals surface area contributed by atoms with Crippen molar-refractivity contribution < 1.29 is 4.42 Å². The van der Waals surface area contributed by atoms with Crippen LogP contribution in [0, 0.1) is 6.92 Å². The Bertz CT molecular complexity index is 3270. The highest BCUT2D eigenvalue weighted by molar-refractivity contribution is 7.25. The minimum atomic E-state index is 0.420. The van der Waals surface area contributed by atoms with Gasteiger partial charge in [-0.05, 0) is 78.1 Å². The van der Waals surface area contributed by atoms with Crippen LogP contribution in [0.2, 0.25) is 0 Å². The zero-order valence-corrected chi connectivity index (χ0v) is 33.4. The molecule has 10 rings (SSSR count). The van der Waals surface area contributed by atoms with Crippen LogP contribution in [-0.2, 0) is 0 Å². The Morgan fingerprint density at radius 2 is 1.19 bits per heavy atom. The van der Waals surface area contributed by atoms with Crippen LogP contribution in [0.1, 0.15) is 18.1 Å². The number of furan rings is 1. The number of allylic oxidation sites excluding steroid dienone is 4. The maximum absolute atomic E-state index is 6.62. The second-order valence-corrected chi connectivity index (χ2v) is 15.6. The Balaban J connectivity index is 1.17. The molecule has 0 saturated heterocycles. The number of fused-ring (bicyclic) bond motifs is 6. The molecule has 7 aromatic carbocycles. The van der Waals surface area contributed by atoms with Gasteiger partial charge in [0.1, 0.15) is 11.2 Å². The normalized spacial score (nSPS) is 12.2. The maximum Gasteiger partial charge on any atom is 0.231 e. The Hall–Kier alpha value is -7.41. The van der Waals surface area contributed by atoms with Crippen LogP contribution in [0.15, 0.2) is 193 Å². The number of benzene rings is 7. The number of nitrogens with one attached hydrogen (secondary N) is 1. The number of aryl methyl sites for hydroxylation is 1. The number of para-hydroxylation sites is 1. The minimum absolute atomic E-state index is 0.420. The number of rotatable bonds is 9. The van der Waals surface area contributed by atoms with Crippen molar-refractivity contribution in [1.82, 2.24) is 15.0 Å². The third-order valence-corrected chi connectivity index (χ3v) is 12.0. The summed E-state index contributed by atoms with van der Waals surface area (Å²) in [5, 5.41) is 8.30. The zero-order valence-electron chi connectivity index (χ0n) is 32.6. The average Bonchev–Trinajstić information content (AvgIpc) is 3.86. The molecule has 0 amide bonds. The van der Waals surface area contributed by atoms with Gasteiger partial charge >= 0.3 is 0 Å². The van der Waals surface area contributed by atoms with Gasteiger partial charge in [-0.1, -0.05) is 146 Å². The summed E-state index contributed by atoms with van der Waals surface area (Å²) in [6.45, 7) is 8.57. The molecule has 1 N–H and O–H groups in total. The second-order valence-electron chi connectivity index (χ2n) is 14.5. The van der Waals surface area contributed by atoms with Crippen LogP contribution >= 0.6 is 11.3 Å². The lowest BCUT2D eigenvalue weighted by Crippen LogP contribution is -2.08. The fraction of sp³-hybridized carbons (Fsp3) is 0.0377. The highest BCUT2D eigenvalue weighted by atomic mass is 32.1. The molecule has 6 heteroatoms. The van der Waals surface area contributed by atoms with Crippen molar-refractivity contribution in [2.45, 2.75) is 13.8 Å². The predicted molar refractivity (Wildman–Crippen MR) is 248 cm³/mol. The molecule has 282 valence electrons. The molecule has 3 heterocycles. The lowest BCUT2D eigenvalue weighted by Gasteiger charge is -2.19. The van der Waals surface area contributed by atoms with E-state index in [-0.39, 0.29) is 0 Å². The third-order valence-electron chi connectivity index (χ3n) is 10.9. The van der Waals surface area contributed by atoms with Gasteiger partial charge in [-0.15, -0.1) is 11.3 Å². The van der Waals surface area contributed by atoms with Gasteiger partial charge in [0.25, 0.3) is 0 Å². The van der Waals surface area contributed by atoms with E-state index >= 15 is 0 Å². The Morgan fingerprint density at radius 1 is 0.593 bits per heavy atom. The van der Waals surface area contributed by atoms with Crippen LogP contribution < -0.4 is 5.32 Å². The topological polar surface area (TPSA) is 63.8 Å². The summed E-state index contributed by atoms with van der Waals surface area (Å²) >= 11 is 1.82. The molecule has 0 unspecified atom stereocenters. The summed E-state index contributed by atoms with van der Waals surface area (Å²) in [5.41, 5.74) is 11.7. The van der Waals surface area contributed by atoms with Gasteiger partial charge in [0.05, 0.1) is 0 Å². The largest absolute Gasteiger partial charge is 0.456 e. The maximum atomic E-state index is 6.62. The molecule has 0 fully saturated rings. The number of hydrogen-bond donors (Lipinski definition) is 1. The molecular formula is C53H38N4OS. The molecule has 0 aliphatic heterocycles. The summed E-state index contributed by atoms with van der Waals surface area (Å²) in [6.07, 6.45) is 6.00. The van der Waals surface area contributed by atoms with E-state index in [1.54, 1.807) is 0 Å². The van der Waals surface area contributed by atoms with E-state index in [4.69, 9.17) is 19.4 Å². The van der Waals surface area contributed by atoms with Crippen molar-refractivity contribution in [1.29, 1.82) is 0 Å². The number of hydrogen-bond acceptors (Lipinski definition) is 6. The Labute approximate surface area is 346 Å². The molecule has 0 aliphatic rings. The molecule has 0 bridgehead atoms. The van der Waals surface area contributed by atoms with E-state index in [9.17, 15) is 0 Å².